The molecule has 0 bridgehead atoms. The number of hydrogen-bond donors (Lipinski definition) is 1. The molecule has 7 fully saturated rings. The molecule has 2 spiro atoms. The van der Waals surface area contributed by atoms with Crippen LogP contribution in [-0.2, 0) is 28.5 Å². The molecule has 9 heteroatoms. The van der Waals surface area contributed by atoms with Gasteiger partial charge in [-0.25, -0.2) is 4.79 Å². The van der Waals surface area contributed by atoms with E-state index in [-0.39, 0.29) is 41.2 Å². The second-order valence-electron chi connectivity index (χ2n) is 19.9. The van der Waals surface area contributed by atoms with E-state index >= 15 is 0 Å². The summed E-state index contributed by atoms with van der Waals surface area (Å²) < 4.78 is 31.2. The third kappa shape index (κ3) is 5.78. The number of fused-ring (bicyclic) bond motifs is 4. The minimum Gasteiger partial charge on any atom is -0.457 e. The average molecular weight is 688 g/mol. The van der Waals surface area contributed by atoms with Crippen molar-refractivity contribution in [3.63, 3.8) is 0 Å². The molecule has 49 heavy (non-hydrogen) atoms. The molecule has 2 aliphatic heterocycles. The van der Waals surface area contributed by atoms with Crippen molar-refractivity contribution in [3.05, 3.63) is 0 Å². The average Bonchev–Trinajstić information content (AvgIpc) is 3.55. The largest absolute Gasteiger partial charge is 0.457 e. The van der Waals surface area contributed by atoms with Crippen LogP contribution in [0.15, 0.2) is 0 Å². The zero-order valence-electron chi connectivity index (χ0n) is 32.0. The van der Waals surface area contributed by atoms with Crippen LogP contribution in [-0.4, -0.2) is 83.7 Å². The van der Waals surface area contributed by atoms with Crippen molar-refractivity contribution in [1.82, 2.24) is 4.90 Å². The quantitative estimate of drug-likeness (QED) is 0.305. The summed E-state index contributed by atoms with van der Waals surface area (Å²) in [4.78, 5) is 26.6. The summed E-state index contributed by atoms with van der Waals surface area (Å²) in [5.41, 5.74) is -0.626. The lowest BCUT2D eigenvalue weighted by Crippen LogP contribution is -2.57. The third-order valence-electron chi connectivity index (χ3n) is 15.2. The number of nitrogens with zero attached hydrogens (tertiary/aromatic N) is 1. The smallest absolute Gasteiger partial charge is 0.410 e. The first-order chi connectivity index (χ1) is 22.7. The number of rotatable bonds is 5. The number of esters is 1. The van der Waals surface area contributed by atoms with Gasteiger partial charge in [-0.15, -0.1) is 0 Å². The Balaban J connectivity index is 1.05. The molecule has 0 aromatic rings. The number of ether oxygens (including phenoxy) is 5. The van der Waals surface area contributed by atoms with Crippen molar-refractivity contribution in [1.29, 1.82) is 0 Å². The van der Waals surface area contributed by atoms with Crippen LogP contribution in [0.25, 0.3) is 0 Å². The highest BCUT2D eigenvalue weighted by Crippen LogP contribution is 2.87. The van der Waals surface area contributed by atoms with Gasteiger partial charge < -0.3 is 33.7 Å². The van der Waals surface area contributed by atoms with Gasteiger partial charge in [0.15, 0.2) is 12.4 Å². The maximum Gasteiger partial charge on any atom is 0.410 e. The number of carbonyl (C=O) groups is 2. The SMILES string of the molecule is CC(=O)O[C@@H](C1C[C@@H](C)C2C(CC3C4CC[C@H]5C(C)(C)[C@@H](OC6CN(C(=O)OC(C)(C)C)CCO6)CC[C@@]56C[C@@]46CC[C@@]32C)O1)C(C)(C)O. The van der Waals surface area contributed by atoms with E-state index in [9.17, 15) is 14.7 Å². The van der Waals surface area contributed by atoms with E-state index in [2.05, 4.69) is 27.7 Å². The number of aliphatic hydroxyl groups is 1. The summed E-state index contributed by atoms with van der Waals surface area (Å²) in [6.45, 7) is 21.8. The molecule has 2 saturated heterocycles. The van der Waals surface area contributed by atoms with Gasteiger partial charge in [-0.2, -0.15) is 0 Å². The van der Waals surface area contributed by atoms with E-state index in [1.165, 1.54) is 45.4 Å². The van der Waals surface area contributed by atoms with E-state index in [4.69, 9.17) is 23.7 Å². The molecular formula is C40H65NO8. The molecule has 1 amide bonds. The highest BCUT2D eigenvalue weighted by atomic mass is 16.7. The molecule has 0 aromatic heterocycles. The van der Waals surface area contributed by atoms with Crippen molar-refractivity contribution in [2.45, 2.75) is 169 Å². The Kier molecular flexibility index (Phi) is 8.66. The predicted molar refractivity (Wildman–Crippen MR) is 184 cm³/mol. The predicted octanol–water partition coefficient (Wildman–Crippen LogP) is 7.12. The van der Waals surface area contributed by atoms with Crippen LogP contribution in [0.5, 0.6) is 0 Å². The molecule has 7 rings (SSSR count). The Morgan fingerprint density at radius 3 is 2.37 bits per heavy atom. The molecule has 0 aromatic carbocycles. The van der Waals surface area contributed by atoms with Crippen molar-refractivity contribution in [3.8, 4) is 0 Å². The van der Waals surface area contributed by atoms with Gasteiger partial charge in [-0.1, -0.05) is 27.7 Å². The number of amides is 1. The summed E-state index contributed by atoms with van der Waals surface area (Å²) in [5, 5.41) is 11.0. The van der Waals surface area contributed by atoms with E-state index in [0.717, 1.165) is 25.2 Å². The standard InChI is InChI=1S/C40H65NO8/c1-23-19-28(33(37(8,9)44)46-24(2)42)47-27-20-26-25-11-12-29-36(6,7)30(48-31-21-41(17-18-45-31)34(43)49-35(3,4)5)13-14-40(29)22-39(25,40)16-15-38(26,10)32(23)27/h23,25-33,44H,11-22H2,1-10H3/t23-,25?,26?,27?,28?,29+,30+,31?,32?,33+,38+,39+,40-/m1/s1. The van der Waals surface area contributed by atoms with E-state index < -0.39 is 23.6 Å². The van der Waals surface area contributed by atoms with Crippen LogP contribution in [0.1, 0.15) is 127 Å². The molecule has 5 aliphatic carbocycles. The van der Waals surface area contributed by atoms with Crippen molar-refractivity contribution >= 4 is 12.1 Å². The Labute approximate surface area is 294 Å². The Bertz CT molecular complexity index is 1300. The van der Waals surface area contributed by atoms with Crippen molar-refractivity contribution < 1.29 is 38.4 Å². The third-order valence-corrected chi connectivity index (χ3v) is 15.2. The summed E-state index contributed by atoms with van der Waals surface area (Å²) in [6, 6.07) is 0. The monoisotopic (exact) mass is 687 g/mol. The van der Waals surface area contributed by atoms with E-state index in [1.54, 1.807) is 18.7 Å². The van der Waals surface area contributed by atoms with Crippen molar-refractivity contribution in [2.75, 3.05) is 19.7 Å². The first-order valence-corrected chi connectivity index (χ1v) is 19.5. The maximum absolute atomic E-state index is 12.8. The molecule has 2 heterocycles. The molecular weight excluding hydrogens is 622 g/mol. The van der Waals surface area contributed by atoms with Gasteiger partial charge in [0.1, 0.15) is 5.60 Å². The van der Waals surface area contributed by atoms with Gasteiger partial charge >= 0.3 is 12.1 Å². The van der Waals surface area contributed by atoms with Crippen LogP contribution in [0.4, 0.5) is 4.79 Å². The second kappa shape index (κ2) is 11.8. The Hall–Kier alpha value is -1.42. The number of morpholine rings is 1. The Morgan fingerprint density at radius 2 is 1.69 bits per heavy atom. The highest BCUT2D eigenvalue weighted by Gasteiger charge is 2.81. The van der Waals surface area contributed by atoms with E-state index in [0.29, 0.717) is 54.2 Å². The fourth-order valence-electron chi connectivity index (χ4n) is 13.5. The zero-order chi connectivity index (χ0) is 35.5. The topological polar surface area (TPSA) is 104 Å². The Morgan fingerprint density at radius 1 is 0.959 bits per heavy atom. The van der Waals surface area contributed by atoms with E-state index in [1.807, 2.05) is 20.8 Å². The second-order valence-corrected chi connectivity index (χ2v) is 19.9. The van der Waals surface area contributed by atoms with Gasteiger partial charge in [0.25, 0.3) is 0 Å². The molecule has 0 radical (unpaired) electrons. The van der Waals surface area contributed by atoms with Crippen LogP contribution >= 0.6 is 0 Å². The van der Waals surface area contributed by atoms with Gasteiger partial charge in [0.05, 0.1) is 37.1 Å². The number of carbonyl (C=O) groups excluding carboxylic acids is 2. The number of hydrogen-bond acceptors (Lipinski definition) is 8. The lowest BCUT2D eigenvalue weighted by molar-refractivity contribution is -0.243. The fourth-order valence-corrected chi connectivity index (χ4v) is 13.5. The fraction of sp³-hybridized carbons (Fsp3) is 0.950. The molecule has 278 valence electrons. The highest BCUT2D eigenvalue weighted by molar-refractivity contribution is 5.68. The minimum atomic E-state index is -1.17. The first kappa shape index (κ1) is 36.0. The molecule has 6 unspecified atom stereocenters. The van der Waals surface area contributed by atoms with Crippen LogP contribution in [0.2, 0.25) is 0 Å². The van der Waals surface area contributed by atoms with Gasteiger partial charge in [0, 0.05) is 13.5 Å². The van der Waals surface area contributed by atoms with Crippen LogP contribution in [0, 0.1) is 51.2 Å². The summed E-state index contributed by atoms with van der Waals surface area (Å²) in [6.07, 6.45) is 9.13. The van der Waals surface area contributed by atoms with Crippen molar-refractivity contribution in [2.24, 2.45) is 51.2 Å². The molecule has 1 N–H and O–H groups in total. The van der Waals surface area contributed by atoms with Gasteiger partial charge in [-0.3, -0.25) is 4.79 Å². The summed E-state index contributed by atoms with van der Waals surface area (Å²) >= 11 is 0. The molecule has 9 nitrogen and oxygen atoms in total. The first-order valence-electron chi connectivity index (χ1n) is 19.5. The van der Waals surface area contributed by atoms with Crippen LogP contribution < -0.4 is 0 Å². The van der Waals surface area contributed by atoms with Crippen LogP contribution in [0.3, 0.4) is 0 Å². The summed E-state index contributed by atoms with van der Waals surface area (Å²) in [5.74, 6) is 2.54. The van der Waals surface area contributed by atoms with Gasteiger partial charge in [0.2, 0.25) is 0 Å². The molecule has 5 saturated carbocycles. The summed E-state index contributed by atoms with van der Waals surface area (Å²) in [7, 11) is 0. The normalized spacial score (nSPS) is 46.3. The lowest BCUT2D eigenvalue weighted by atomic mass is 9.46. The molecule has 13 atom stereocenters. The minimum absolute atomic E-state index is 0.0162. The maximum atomic E-state index is 12.8. The lowest BCUT2D eigenvalue weighted by Gasteiger charge is -2.60. The molecule has 7 aliphatic rings. The van der Waals surface area contributed by atoms with Gasteiger partial charge in [-0.05, 0) is 144 Å². The zero-order valence-corrected chi connectivity index (χ0v) is 32.0.